The van der Waals surface area contributed by atoms with Crippen LogP contribution in [0.4, 0.5) is 0 Å². The molecule has 0 bridgehead atoms. The summed E-state index contributed by atoms with van der Waals surface area (Å²) in [4.78, 5) is 38.4. The first-order chi connectivity index (χ1) is 15.8. The van der Waals surface area contributed by atoms with E-state index in [1.54, 1.807) is 44.2 Å². The van der Waals surface area contributed by atoms with E-state index in [1.165, 1.54) is 13.2 Å². The van der Waals surface area contributed by atoms with Crippen LogP contribution in [0.3, 0.4) is 0 Å². The van der Waals surface area contributed by atoms with Gasteiger partial charge in [0.1, 0.15) is 12.0 Å². The van der Waals surface area contributed by atoms with Gasteiger partial charge in [0.05, 0.1) is 25.2 Å². The Morgan fingerprint density at radius 3 is 2.18 bits per heavy atom. The zero-order chi connectivity index (χ0) is 24.8. The van der Waals surface area contributed by atoms with E-state index < -0.39 is 47.8 Å². The lowest BCUT2D eigenvalue weighted by molar-refractivity contribution is -0.157. The lowest BCUT2D eigenvalue weighted by Gasteiger charge is -2.30. The summed E-state index contributed by atoms with van der Waals surface area (Å²) in [6.07, 6.45) is 2.83. The maximum atomic E-state index is 13.1. The summed E-state index contributed by atoms with van der Waals surface area (Å²) in [5.41, 5.74) is 0.678. The molecule has 0 aromatic heterocycles. The topological polar surface area (TPSA) is 114 Å². The molecule has 1 rings (SSSR count). The van der Waals surface area contributed by atoms with E-state index in [0.717, 1.165) is 0 Å². The Balaban J connectivity index is 3.18. The summed E-state index contributed by atoms with van der Waals surface area (Å²) in [7, 11) is 1.47. The highest BCUT2D eigenvalue weighted by Gasteiger charge is 2.34. The molecule has 5 atom stereocenters. The number of ether oxygens (including phenoxy) is 2. The van der Waals surface area contributed by atoms with E-state index in [4.69, 9.17) is 9.47 Å². The molecule has 0 heterocycles. The highest BCUT2D eigenvalue weighted by molar-refractivity contribution is 6.00. The Morgan fingerprint density at radius 2 is 1.64 bits per heavy atom. The molecule has 0 fully saturated rings. The van der Waals surface area contributed by atoms with Gasteiger partial charge in [-0.15, -0.1) is 13.2 Å². The molecule has 8 heteroatoms. The Labute approximate surface area is 196 Å². The Bertz CT molecular complexity index is 782. The monoisotopic (exact) mass is 460 g/mol. The minimum absolute atomic E-state index is 0.0455. The van der Waals surface area contributed by atoms with Crippen LogP contribution in [0.15, 0.2) is 55.6 Å². The molecule has 0 aliphatic heterocycles. The van der Waals surface area contributed by atoms with Crippen molar-refractivity contribution in [3.63, 3.8) is 0 Å². The van der Waals surface area contributed by atoms with Crippen molar-refractivity contribution >= 4 is 17.8 Å². The number of hydrogen-bond donors (Lipinski definition) is 3. The van der Waals surface area contributed by atoms with Gasteiger partial charge in [0, 0.05) is 13.2 Å². The van der Waals surface area contributed by atoms with Crippen molar-refractivity contribution in [3.8, 4) is 0 Å². The van der Waals surface area contributed by atoms with Gasteiger partial charge in [-0.2, -0.15) is 0 Å². The van der Waals surface area contributed by atoms with Crippen LogP contribution in [-0.2, 0) is 23.9 Å². The quantitative estimate of drug-likeness (QED) is 0.210. The number of esters is 1. The predicted octanol–water partition coefficient (Wildman–Crippen LogP) is 2.30. The first kappa shape index (κ1) is 28.1. The average molecular weight is 461 g/mol. The van der Waals surface area contributed by atoms with E-state index in [2.05, 4.69) is 23.8 Å². The average Bonchev–Trinajstić information content (AvgIpc) is 2.80. The van der Waals surface area contributed by atoms with E-state index in [1.807, 2.05) is 6.07 Å². The number of amides is 2. The van der Waals surface area contributed by atoms with Crippen molar-refractivity contribution in [1.29, 1.82) is 0 Å². The largest absolute Gasteiger partial charge is 0.455 e. The fourth-order valence-corrected chi connectivity index (χ4v) is 3.17. The van der Waals surface area contributed by atoms with Gasteiger partial charge in [-0.05, 0) is 25.3 Å². The number of nitrogens with one attached hydrogen (secondary N) is 2. The molecule has 0 aliphatic rings. The predicted molar refractivity (Wildman–Crippen MR) is 126 cm³/mol. The maximum Gasteiger partial charge on any atom is 0.309 e. The van der Waals surface area contributed by atoms with Gasteiger partial charge >= 0.3 is 5.97 Å². The number of benzene rings is 1. The summed E-state index contributed by atoms with van der Waals surface area (Å²) in [5, 5.41) is 14.6. The molecule has 0 radical (unpaired) electrons. The summed E-state index contributed by atoms with van der Waals surface area (Å²) in [6, 6.07) is 7.78. The molecule has 0 saturated heterocycles. The van der Waals surface area contributed by atoms with Crippen molar-refractivity contribution in [3.05, 3.63) is 61.2 Å². The van der Waals surface area contributed by atoms with Crippen LogP contribution in [0.2, 0.25) is 0 Å². The number of carbonyl (C=O) groups excluding carboxylic acids is 3. The summed E-state index contributed by atoms with van der Waals surface area (Å²) in [5.74, 6) is -3.00. The molecule has 2 amide bonds. The van der Waals surface area contributed by atoms with Crippen LogP contribution in [0, 0.1) is 11.8 Å². The SMILES string of the molecule is C=CCC(C(=O)N[C@H](C)CO)C(=O)N[C@@H](COC)[C@@H](OC(=O)[C@@H](C)CC=C)c1ccccc1. The van der Waals surface area contributed by atoms with Crippen molar-refractivity contribution in [2.75, 3.05) is 20.3 Å². The first-order valence-corrected chi connectivity index (χ1v) is 11.0. The van der Waals surface area contributed by atoms with Crippen LogP contribution in [0.1, 0.15) is 38.4 Å². The van der Waals surface area contributed by atoms with Crippen molar-refractivity contribution < 1.29 is 29.0 Å². The number of hydrogen-bond acceptors (Lipinski definition) is 6. The summed E-state index contributed by atoms with van der Waals surface area (Å²) in [6.45, 7) is 10.4. The van der Waals surface area contributed by atoms with Crippen molar-refractivity contribution in [2.45, 2.75) is 44.9 Å². The van der Waals surface area contributed by atoms with E-state index in [0.29, 0.717) is 12.0 Å². The van der Waals surface area contributed by atoms with E-state index >= 15 is 0 Å². The molecule has 0 aliphatic carbocycles. The van der Waals surface area contributed by atoms with Gasteiger partial charge in [0.25, 0.3) is 0 Å². The Kier molecular flexibility index (Phi) is 12.7. The molecule has 1 unspecified atom stereocenters. The number of carbonyl (C=O) groups is 3. The number of rotatable bonds is 15. The van der Waals surface area contributed by atoms with Crippen molar-refractivity contribution in [2.24, 2.45) is 11.8 Å². The third-order valence-corrected chi connectivity index (χ3v) is 5.03. The molecule has 33 heavy (non-hydrogen) atoms. The molecular formula is C25H36N2O6. The zero-order valence-corrected chi connectivity index (χ0v) is 19.7. The van der Waals surface area contributed by atoms with Gasteiger partial charge in [-0.25, -0.2) is 0 Å². The Hall–Kier alpha value is -2.97. The minimum Gasteiger partial charge on any atom is -0.455 e. The van der Waals surface area contributed by atoms with Crippen molar-refractivity contribution in [1.82, 2.24) is 10.6 Å². The summed E-state index contributed by atoms with van der Waals surface area (Å²) >= 11 is 0. The standard InChI is InChI=1S/C25H36N2O6/c1-6-11-17(3)25(31)33-22(19-13-9-8-10-14-19)21(16-32-5)27-24(30)20(12-7-2)23(29)26-18(4)15-28/h6-10,13-14,17-18,20-22,28H,1-2,11-12,15-16H2,3-5H3,(H,26,29)(H,27,30)/t17-,18+,20?,21-,22-/m0/s1. The molecular weight excluding hydrogens is 424 g/mol. The zero-order valence-electron chi connectivity index (χ0n) is 19.7. The van der Waals surface area contributed by atoms with E-state index in [9.17, 15) is 19.5 Å². The second-order valence-electron chi connectivity index (χ2n) is 7.93. The fraction of sp³-hybridized carbons (Fsp3) is 0.480. The van der Waals surface area contributed by atoms with E-state index in [-0.39, 0.29) is 19.6 Å². The van der Waals surface area contributed by atoms with Gasteiger partial charge < -0.3 is 25.2 Å². The summed E-state index contributed by atoms with van der Waals surface area (Å²) < 4.78 is 11.1. The number of aliphatic hydroxyl groups is 1. The van der Waals surface area contributed by atoms with Gasteiger partial charge in [0.2, 0.25) is 11.8 Å². The second-order valence-corrected chi connectivity index (χ2v) is 7.93. The third kappa shape index (κ3) is 9.19. The third-order valence-electron chi connectivity index (χ3n) is 5.03. The molecule has 1 aromatic rings. The highest BCUT2D eigenvalue weighted by atomic mass is 16.5. The molecule has 0 saturated carbocycles. The maximum absolute atomic E-state index is 13.1. The minimum atomic E-state index is -1.07. The van der Waals surface area contributed by atoms with Crippen LogP contribution < -0.4 is 10.6 Å². The van der Waals surface area contributed by atoms with Crippen LogP contribution in [0.5, 0.6) is 0 Å². The van der Waals surface area contributed by atoms with Crippen LogP contribution in [0.25, 0.3) is 0 Å². The molecule has 8 nitrogen and oxygen atoms in total. The second kappa shape index (κ2) is 15.0. The lowest BCUT2D eigenvalue weighted by atomic mass is 9.98. The smallest absolute Gasteiger partial charge is 0.309 e. The first-order valence-electron chi connectivity index (χ1n) is 11.0. The van der Waals surface area contributed by atoms with Gasteiger partial charge in [-0.1, -0.05) is 49.4 Å². The molecule has 0 spiro atoms. The fourth-order valence-electron chi connectivity index (χ4n) is 3.17. The van der Waals surface area contributed by atoms with Gasteiger partial charge in [-0.3, -0.25) is 14.4 Å². The lowest BCUT2D eigenvalue weighted by Crippen LogP contribution is -2.50. The number of allylic oxidation sites excluding steroid dienone is 2. The Morgan fingerprint density at radius 1 is 1.03 bits per heavy atom. The number of aliphatic hydroxyl groups excluding tert-OH is 1. The normalized spacial score (nSPS) is 15.3. The highest BCUT2D eigenvalue weighted by Crippen LogP contribution is 2.25. The van der Waals surface area contributed by atoms with Gasteiger partial charge in [0.15, 0.2) is 0 Å². The molecule has 182 valence electrons. The molecule has 3 N–H and O–H groups in total. The number of methoxy groups -OCH3 is 1. The van der Waals surface area contributed by atoms with Crippen LogP contribution >= 0.6 is 0 Å². The molecule has 1 aromatic carbocycles. The van der Waals surface area contributed by atoms with Crippen LogP contribution in [-0.4, -0.2) is 55.3 Å².